The standard InChI is InChI=1S/C20H21N3O2S/c1-4-15-7-5-6-8-17(15)25-14(3)18(24)21-20-23-22-19(26-20)16-11-9-13(2)10-12-16/h5-12,14H,4H2,1-3H3,(H,21,23,24). The number of benzene rings is 2. The van der Waals surface area contributed by atoms with Gasteiger partial charge in [-0.1, -0.05) is 66.3 Å². The fourth-order valence-corrected chi connectivity index (χ4v) is 3.20. The Hall–Kier alpha value is -2.73. The lowest BCUT2D eigenvalue weighted by molar-refractivity contribution is -0.122. The van der Waals surface area contributed by atoms with E-state index in [1.165, 1.54) is 16.9 Å². The van der Waals surface area contributed by atoms with Gasteiger partial charge in [0.1, 0.15) is 10.8 Å². The van der Waals surface area contributed by atoms with Gasteiger partial charge in [0.25, 0.3) is 5.91 Å². The molecule has 1 atom stereocenters. The lowest BCUT2D eigenvalue weighted by Crippen LogP contribution is -2.30. The van der Waals surface area contributed by atoms with Crippen LogP contribution >= 0.6 is 11.3 Å². The van der Waals surface area contributed by atoms with Gasteiger partial charge in [0.15, 0.2) is 6.10 Å². The van der Waals surface area contributed by atoms with Crippen molar-refractivity contribution in [2.75, 3.05) is 5.32 Å². The molecule has 1 unspecified atom stereocenters. The molecule has 3 rings (SSSR count). The van der Waals surface area contributed by atoms with E-state index in [1.807, 2.05) is 55.5 Å². The van der Waals surface area contributed by atoms with Crippen LogP contribution in [0.15, 0.2) is 48.5 Å². The molecule has 0 spiro atoms. The molecular weight excluding hydrogens is 346 g/mol. The molecule has 6 heteroatoms. The molecule has 2 aromatic carbocycles. The summed E-state index contributed by atoms with van der Waals surface area (Å²) in [4.78, 5) is 12.4. The molecule has 134 valence electrons. The SMILES string of the molecule is CCc1ccccc1OC(C)C(=O)Nc1nnc(-c2ccc(C)cc2)s1. The second kappa shape index (κ2) is 8.10. The minimum absolute atomic E-state index is 0.248. The summed E-state index contributed by atoms with van der Waals surface area (Å²) in [6, 6.07) is 15.8. The monoisotopic (exact) mass is 367 g/mol. The highest BCUT2D eigenvalue weighted by Crippen LogP contribution is 2.27. The van der Waals surface area contributed by atoms with Gasteiger partial charge in [-0.05, 0) is 31.9 Å². The molecule has 0 saturated heterocycles. The first-order chi connectivity index (χ1) is 12.6. The summed E-state index contributed by atoms with van der Waals surface area (Å²) in [5.74, 6) is 0.484. The third kappa shape index (κ3) is 4.26. The Morgan fingerprint density at radius 2 is 1.88 bits per heavy atom. The van der Waals surface area contributed by atoms with Crippen molar-refractivity contribution < 1.29 is 9.53 Å². The molecule has 0 aliphatic rings. The molecule has 0 radical (unpaired) electrons. The van der Waals surface area contributed by atoms with Crippen molar-refractivity contribution in [2.45, 2.75) is 33.3 Å². The Kier molecular flexibility index (Phi) is 5.63. The van der Waals surface area contributed by atoms with Crippen molar-refractivity contribution in [1.29, 1.82) is 0 Å². The molecule has 1 N–H and O–H groups in total. The summed E-state index contributed by atoms with van der Waals surface area (Å²) < 4.78 is 5.82. The van der Waals surface area contributed by atoms with Crippen LogP contribution in [0.2, 0.25) is 0 Å². The number of rotatable bonds is 6. The van der Waals surface area contributed by atoms with Crippen LogP contribution < -0.4 is 10.1 Å². The Morgan fingerprint density at radius 1 is 1.15 bits per heavy atom. The van der Waals surface area contributed by atoms with Crippen LogP contribution in [0, 0.1) is 6.92 Å². The third-order valence-corrected chi connectivity index (χ3v) is 4.87. The number of para-hydroxylation sites is 1. The predicted octanol–water partition coefficient (Wildman–Crippen LogP) is 4.48. The zero-order valence-electron chi connectivity index (χ0n) is 15.0. The molecule has 3 aromatic rings. The lowest BCUT2D eigenvalue weighted by Gasteiger charge is -2.15. The highest BCUT2D eigenvalue weighted by atomic mass is 32.1. The van der Waals surface area contributed by atoms with Gasteiger partial charge in [-0.3, -0.25) is 10.1 Å². The van der Waals surface area contributed by atoms with Gasteiger partial charge < -0.3 is 4.74 Å². The van der Waals surface area contributed by atoms with Gasteiger partial charge in [0, 0.05) is 5.56 Å². The number of carbonyl (C=O) groups is 1. The van der Waals surface area contributed by atoms with Gasteiger partial charge in [-0.2, -0.15) is 0 Å². The third-order valence-electron chi connectivity index (χ3n) is 3.98. The second-order valence-electron chi connectivity index (χ2n) is 5.99. The minimum Gasteiger partial charge on any atom is -0.481 e. The smallest absolute Gasteiger partial charge is 0.266 e. The lowest BCUT2D eigenvalue weighted by atomic mass is 10.1. The Morgan fingerprint density at radius 3 is 2.62 bits per heavy atom. The van der Waals surface area contributed by atoms with Crippen LogP contribution in [0.4, 0.5) is 5.13 Å². The van der Waals surface area contributed by atoms with E-state index in [9.17, 15) is 4.79 Å². The molecule has 0 aliphatic heterocycles. The van der Waals surface area contributed by atoms with Crippen molar-refractivity contribution in [1.82, 2.24) is 10.2 Å². The van der Waals surface area contributed by atoms with Crippen LogP contribution in [0.3, 0.4) is 0 Å². The van der Waals surface area contributed by atoms with Crippen molar-refractivity contribution in [2.24, 2.45) is 0 Å². The fourth-order valence-electron chi connectivity index (χ4n) is 2.45. The molecule has 0 fully saturated rings. The van der Waals surface area contributed by atoms with E-state index in [0.717, 1.165) is 28.3 Å². The van der Waals surface area contributed by atoms with E-state index in [1.54, 1.807) is 6.92 Å². The van der Waals surface area contributed by atoms with Crippen LogP contribution in [0.25, 0.3) is 10.6 Å². The number of hydrogen-bond acceptors (Lipinski definition) is 5. The minimum atomic E-state index is -0.630. The fraction of sp³-hybridized carbons (Fsp3) is 0.250. The second-order valence-corrected chi connectivity index (χ2v) is 6.97. The quantitative estimate of drug-likeness (QED) is 0.697. The number of aryl methyl sites for hydroxylation is 2. The maximum atomic E-state index is 12.4. The summed E-state index contributed by atoms with van der Waals surface area (Å²) in [5.41, 5.74) is 3.24. The number of amides is 1. The molecule has 1 aromatic heterocycles. The topological polar surface area (TPSA) is 64.1 Å². The van der Waals surface area contributed by atoms with Gasteiger partial charge in [0.2, 0.25) is 5.13 Å². The first-order valence-corrected chi connectivity index (χ1v) is 9.34. The molecular formula is C20H21N3O2S. The number of nitrogens with one attached hydrogen (secondary N) is 1. The van der Waals surface area contributed by atoms with Gasteiger partial charge in [-0.25, -0.2) is 0 Å². The van der Waals surface area contributed by atoms with Gasteiger partial charge in [0.05, 0.1) is 0 Å². The summed E-state index contributed by atoms with van der Waals surface area (Å²) in [7, 11) is 0. The summed E-state index contributed by atoms with van der Waals surface area (Å²) in [5, 5.41) is 12.2. The van der Waals surface area contributed by atoms with E-state index in [2.05, 4.69) is 22.4 Å². The van der Waals surface area contributed by atoms with E-state index >= 15 is 0 Å². The summed E-state index contributed by atoms with van der Waals surface area (Å²) in [6.45, 7) is 5.82. The largest absolute Gasteiger partial charge is 0.481 e. The van der Waals surface area contributed by atoms with E-state index in [-0.39, 0.29) is 5.91 Å². The van der Waals surface area contributed by atoms with Crippen molar-refractivity contribution in [3.8, 4) is 16.3 Å². The van der Waals surface area contributed by atoms with Crippen LogP contribution in [-0.4, -0.2) is 22.2 Å². The molecule has 1 amide bonds. The predicted molar refractivity (Wildman–Crippen MR) is 105 cm³/mol. The average molecular weight is 367 g/mol. The summed E-state index contributed by atoms with van der Waals surface area (Å²) in [6.07, 6.45) is 0.218. The number of hydrogen-bond donors (Lipinski definition) is 1. The van der Waals surface area contributed by atoms with Crippen molar-refractivity contribution in [3.63, 3.8) is 0 Å². The number of carbonyl (C=O) groups excluding carboxylic acids is 1. The number of ether oxygens (including phenoxy) is 1. The zero-order valence-corrected chi connectivity index (χ0v) is 15.8. The number of anilines is 1. The highest BCUT2D eigenvalue weighted by Gasteiger charge is 2.18. The van der Waals surface area contributed by atoms with Crippen molar-refractivity contribution in [3.05, 3.63) is 59.7 Å². The first kappa shape index (κ1) is 18.1. The van der Waals surface area contributed by atoms with E-state index in [0.29, 0.717) is 5.13 Å². The first-order valence-electron chi connectivity index (χ1n) is 8.52. The van der Waals surface area contributed by atoms with Crippen molar-refractivity contribution >= 4 is 22.4 Å². The maximum absolute atomic E-state index is 12.4. The van der Waals surface area contributed by atoms with Gasteiger partial charge in [-0.15, -0.1) is 10.2 Å². The zero-order chi connectivity index (χ0) is 18.5. The highest BCUT2D eigenvalue weighted by molar-refractivity contribution is 7.18. The van der Waals surface area contributed by atoms with Crippen LogP contribution in [0.5, 0.6) is 5.75 Å². The van der Waals surface area contributed by atoms with Crippen LogP contribution in [0.1, 0.15) is 25.0 Å². The Labute approximate surface area is 157 Å². The molecule has 1 heterocycles. The number of nitrogens with zero attached hydrogens (tertiary/aromatic N) is 2. The normalized spacial score (nSPS) is 11.8. The Balaban J connectivity index is 1.65. The Bertz CT molecular complexity index is 890. The molecule has 0 bridgehead atoms. The van der Waals surface area contributed by atoms with Crippen LogP contribution in [-0.2, 0) is 11.2 Å². The maximum Gasteiger partial charge on any atom is 0.266 e. The molecule has 0 aliphatic carbocycles. The summed E-state index contributed by atoms with van der Waals surface area (Å²) >= 11 is 1.34. The number of aromatic nitrogens is 2. The molecule has 5 nitrogen and oxygen atoms in total. The van der Waals surface area contributed by atoms with Gasteiger partial charge >= 0.3 is 0 Å². The van der Waals surface area contributed by atoms with E-state index < -0.39 is 6.10 Å². The molecule has 0 saturated carbocycles. The molecule has 26 heavy (non-hydrogen) atoms. The van der Waals surface area contributed by atoms with E-state index in [4.69, 9.17) is 4.74 Å². The average Bonchev–Trinajstić information content (AvgIpc) is 3.11.